The largest absolute Gasteiger partial charge is 0.462 e. The summed E-state index contributed by atoms with van der Waals surface area (Å²) in [5.41, 5.74) is 0.156. The lowest BCUT2D eigenvalue weighted by atomic mass is 9.53. The van der Waals surface area contributed by atoms with Gasteiger partial charge in [-0.3, -0.25) is 4.79 Å². The predicted octanol–water partition coefficient (Wildman–Crippen LogP) is 0.942. The van der Waals surface area contributed by atoms with E-state index in [0.29, 0.717) is 5.92 Å². The van der Waals surface area contributed by atoms with E-state index in [1.165, 1.54) is 37.0 Å². The number of nitrogens with one attached hydrogen (secondary N) is 1. The highest BCUT2D eigenvalue weighted by Crippen LogP contribution is 2.70. The SMILES string of the molecule is C[C@@H]1CCC[C@]2(C)C[C@H]3OC(=O)[C@@H](C[NH+]4CCCC[C@H]4CO)[C@H]3[C@@H]3O[C@@]132. The zero-order valence-electron chi connectivity index (χ0n) is 16.2. The van der Waals surface area contributed by atoms with Gasteiger partial charge in [-0.25, -0.2) is 0 Å². The van der Waals surface area contributed by atoms with E-state index >= 15 is 0 Å². The number of carbonyl (C=O) groups excluding carboxylic acids is 1. The maximum Gasteiger partial charge on any atom is 0.315 e. The number of hydrogen-bond donors (Lipinski definition) is 2. The van der Waals surface area contributed by atoms with Gasteiger partial charge in [-0.2, -0.15) is 0 Å². The van der Waals surface area contributed by atoms with Gasteiger partial charge in [0.2, 0.25) is 0 Å². The minimum atomic E-state index is -0.0507. The van der Waals surface area contributed by atoms with Gasteiger partial charge in [-0.15, -0.1) is 0 Å². The first-order chi connectivity index (χ1) is 12.5. The summed E-state index contributed by atoms with van der Waals surface area (Å²) in [5.74, 6) is 0.751. The first-order valence-corrected chi connectivity index (χ1v) is 10.8. The number of aliphatic hydroxyl groups is 1. The molecule has 3 aliphatic heterocycles. The molecule has 1 spiro atoms. The number of esters is 1. The molecule has 0 bridgehead atoms. The smallest absolute Gasteiger partial charge is 0.315 e. The number of ether oxygens (including phenoxy) is 2. The molecule has 0 radical (unpaired) electrons. The standard InChI is InChI=1S/C21H33NO4/c1-13-6-5-8-20(2)10-16-17(18-21(13,20)26-18)15(19(24)25-16)11-22-9-4-3-7-14(22)12-23/h13-18,23H,3-12H2,1-2H3/p+1/t13-,14+,15+,16-,17-,18+,20-,21+/m1/s1. The molecule has 9 atom stereocenters. The van der Waals surface area contributed by atoms with Gasteiger partial charge in [-0.05, 0) is 38.0 Å². The number of piperidine rings is 1. The summed E-state index contributed by atoms with van der Waals surface area (Å²) in [7, 11) is 0. The number of hydrogen-bond acceptors (Lipinski definition) is 4. The molecule has 26 heavy (non-hydrogen) atoms. The van der Waals surface area contributed by atoms with E-state index in [1.54, 1.807) is 0 Å². The molecule has 0 amide bonds. The van der Waals surface area contributed by atoms with Crippen LogP contribution in [0.4, 0.5) is 0 Å². The molecule has 2 saturated carbocycles. The number of carbonyl (C=O) groups is 1. The van der Waals surface area contributed by atoms with Gasteiger partial charge in [0.15, 0.2) is 0 Å². The number of fused-ring (bicyclic) bond motifs is 2. The summed E-state index contributed by atoms with van der Waals surface area (Å²) in [5, 5.41) is 9.75. The van der Waals surface area contributed by atoms with E-state index in [9.17, 15) is 9.90 Å². The Morgan fingerprint density at radius 3 is 2.92 bits per heavy atom. The van der Waals surface area contributed by atoms with Gasteiger partial charge in [0, 0.05) is 17.8 Å². The predicted molar refractivity (Wildman–Crippen MR) is 95.6 cm³/mol. The van der Waals surface area contributed by atoms with Crippen LogP contribution in [0.1, 0.15) is 58.8 Å². The molecular formula is C21H34NO4+. The van der Waals surface area contributed by atoms with Crippen molar-refractivity contribution in [1.82, 2.24) is 0 Å². The van der Waals surface area contributed by atoms with Crippen LogP contribution in [0.2, 0.25) is 0 Å². The molecule has 2 N–H and O–H groups in total. The molecule has 0 aromatic rings. The summed E-state index contributed by atoms with van der Waals surface area (Å²) in [4.78, 5) is 14.2. The van der Waals surface area contributed by atoms with Crippen molar-refractivity contribution in [2.75, 3.05) is 19.7 Å². The van der Waals surface area contributed by atoms with E-state index in [4.69, 9.17) is 9.47 Å². The van der Waals surface area contributed by atoms with Crippen molar-refractivity contribution in [1.29, 1.82) is 0 Å². The second kappa shape index (κ2) is 5.92. The van der Waals surface area contributed by atoms with E-state index in [-0.39, 0.29) is 53.7 Å². The fourth-order valence-electron chi connectivity index (χ4n) is 7.39. The van der Waals surface area contributed by atoms with Crippen molar-refractivity contribution in [3.63, 3.8) is 0 Å². The average molecular weight is 365 g/mol. The molecule has 0 aromatic heterocycles. The van der Waals surface area contributed by atoms with Crippen molar-refractivity contribution in [3.05, 3.63) is 0 Å². The van der Waals surface area contributed by atoms with Crippen LogP contribution in [0.3, 0.4) is 0 Å². The minimum Gasteiger partial charge on any atom is -0.462 e. The third kappa shape index (κ3) is 2.23. The van der Waals surface area contributed by atoms with Crippen molar-refractivity contribution in [3.8, 4) is 0 Å². The molecule has 5 aliphatic rings. The minimum absolute atomic E-state index is 0.00434. The molecule has 3 heterocycles. The Morgan fingerprint density at radius 2 is 2.12 bits per heavy atom. The zero-order chi connectivity index (χ0) is 18.1. The highest BCUT2D eigenvalue weighted by atomic mass is 16.6. The normalized spacial score (nSPS) is 55.5. The number of aliphatic hydroxyl groups excluding tert-OH is 1. The Bertz CT molecular complexity index is 597. The van der Waals surface area contributed by atoms with Crippen LogP contribution < -0.4 is 4.90 Å². The Hall–Kier alpha value is -0.650. The molecule has 5 fully saturated rings. The Morgan fingerprint density at radius 1 is 1.27 bits per heavy atom. The maximum atomic E-state index is 12.8. The van der Waals surface area contributed by atoms with Gasteiger partial charge in [-0.1, -0.05) is 20.3 Å². The third-order valence-electron chi connectivity index (χ3n) is 8.77. The van der Waals surface area contributed by atoms with Crippen LogP contribution in [0.15, 0.2) is 0 Å². The van der Waals surface area contributed by atoms with Crippen molar-refractivity contribution >= 4 is 5.97 Å². The third-order valence-corrected chi connectivity index (χ3v) is 8.77. The molecule has 146 valence electrons. The molecule has 5 rings (SSSR count). The monoisotopic (exact) mass is 364 g/mol. The summed E-state index contributed by atoms with van der Waals surface area (Å²) < 4.78 is 12.5. The number of likely N-dealkylation sites (tertiary alicyclic amines) is 1. The van der Waals surface area contributed by atoms with Gasteiger partial charge < -0.3 is 19.5 Å². The highest BCUT2D eigenvalue weighted by Gasteiger charge is 2.78. The van der Waals surface area contributed by atoms with Gasteiger partial charge in [0.05, 0.1) is 25.8 Å². The molecule has 2 aliphatic carbocycles. The van der Waals surface area contributed by atoms with E-state index < -0.39 is 0 Å². The lowest BCUT2D eigenvalue weighted by Gasteiger charge is -2.49. The average Bonchev–Trinajstić information content (AvgIpc) is 3.30. The van der Waals surface area contributed by atoms with Crippen molar-refractivity contribution in [2.24, 2.45) is 23.2 Å². The lowest BCUT2D eigenvalue weighted by Crippen LogP contribution is -3.18. The molecule has 5 heteroatoms. The van der Waals surface area contributed by atoms with Crippen LogP contribution in [0.25, 0.3) is 0 Å². The number of rotatable bonds is 3. The highest BCUT2D eigenvalue weighted by molar-refractivity contribution is 5.76. The van der Waals surface area contributed by atoms with Crippen molar-refractivity contribution in [2.45, 2.75) is 82.6 Å². The number of quaternary nitrogens is 1. The summed E-state index contributed by atoms with van der Waals surface area (Å²) in [6.45, 7) is 6.83. The number of epoxide rings is 1. The second-order valence-electron chi connectivity index (χ2n) is 10.0. The fraction of sp³-hybridized carbons (Fsp3) is 0.952. The van der Waals surface area contributed by atoms with Crippen LogP contribution in [-0.4, -0.2) is 54.6 Å². The topological polar surface area (TPSA) is 63.5 Å². The second-order valence-corrected chi connectivity index (χ2v) is 10.0. The first kappa shape index (κ1) is 17.4. The molecule has 0 aromatic carbocycles. The fourth-order valence-corrected chi connectivity index (χ4v) is 7.39. The Labute approximate surface area is 156 Å². The van der Waals surface area contributed by atoms with Crippen LogP contribution >= 0.6 is 0 Å². The van der Waals surface area contributed by atoms with E-state index in [2.05, 4.69) is 13.8 Å². The summed E-state index contributed by atoms with van der Waals surface area (Å²) in [6, 6.07) is 0.284. The molecule has 5 nitrogen and oxygen atoms in total. The Kier molecular flexibility index (Phi) is 3.97. The van der Waals surface area contributed by atoms with Crippen LogP contribution in [0, 0.1) is 23.2 Å². The maximum absolute atomic E-state index is 12.8. The first-order valence-electron chi connectivity index (χ1n) is 10.8. The van der Waals surface area contributed by atoms with Gasteiger partial charge in [0.1, 0.15) is 23.7 Å². The van der Waals surface area contributed by atoms with Crippen LogP contribution in [-0.2, 0) is 14.3 Å². The molecule has 3 saturated heterocycles. The molecular weight excluding hydrogens is 330 g/mol. The Balaban J connectivity index is 1.39. The summed E-state index contributed by atoms with van der Waals surface area (Å²) in [6.07, 6.45) is 8.38. The molecule has 1 unspecified atom stereocenters. The quantitative estimate of drug-likeness (QED) is 0.578. The van der Waals surface area contributed by atoms with E-state index in [1.807, 2.05) is 0 Å². The lowest BCUT2D eigenvalue weighted by molar-refractivity contribution is -0.933. The van der Waals surface area contributed by atoms with Crippen molar-refractivity contribution < 1.29 is 24.3 Å². The van der Waals surface area contributed by atoms with Gasteiger partial charge in [0.25, 0.3) is 0 Å². The van der Waals surface area contributed by atoms with Crippen LogP contribution in [0.5, 0.6) is 0 Å². The van der Waals surface area contributed by atoms with E-state index in [0.717, 1.165) is 25.9 Å². The van der Waals surface area contributed by atoms with Gasteiger partial charge >= 0.3 is 5.97 Å². The zero-order valence-corrected chi connectivity index (χ0v) is 16.2. The summed E-state index contributed by atoms with van der Waals surface area (Å²) >= 11 is 0.